The quantitative estimate of drug-likeness (QED) is 0.230. The van der Waals surface area contributed by atoms with Gasteiger partial charge in [0.1, 0.15) is 0 Å². The number of benzene rings is 1. The highest BCUT2D eigenvalue weighted by molar-refractivity contribution is 7.88. The fourth-order valence-electron chi connectivity index (χ4n) is 3.79. The minimum Gasteiger partial charge on any atom is -0.289 e. The average Bonchev–Trinajstić information content (AvgIpc) is 2.78. The molecule has 11 heteroatoms. The van der Waals surface area contributed by atoms with Crippen LogP contribution in [0.3, 0.4) is 0 Å². The number of amides is 3. The summed E-state index contributed by atoms with van der Waals surface area (Å²) in [6, 6.07) is 8.35. The van der Waals surface area contributed by atoms with E-state index in [4.69, 9.17) is 0 Å². The van der Waals surface area contributed by atoms with Crippen LogP contribution in [0.1, 0.15) is 53.0 Å². The Hall–Kier alpha value is -2.76. The molecule has 0 aliphatic carbocycles. The monoisotopic (exact) mass is 524 g/mol. The molecule has 0 saturated heterocycles. The van der Waals surface area contributed by atoms with Gasteiger partial charge in [-0.1, -0.05) is 70.2 Å². The summed E-state index contributed by atoms with van der Waals surface area (Å²) < 4.78 is 25.4. The number of hydrazine groups is 1. The first-order valence-corrected chi connectivity index (χ1v) is 13.9. The molecule has 0 heterocycles. The molecule has 36 heavy (non-hydrogen) atoms. The molecule has 1 aromatic carbocycles. The van der Waals surface area contributed by atoms with Gasteiger partial charge in [0.15, 0.2) is 0 Å². The van der Waals surface area contributed by atoms with Crippen molar-refractivity contribution in [2.75, 3.05) is 12.8 Å². The molecule has 0 aliphatic rings. The average molecular weight is 525 g/mol. The lowest BCUT2D eigenvalue weighted by Gasteiger charge is -2.31. The first kappa shape index (κ1) is 31.3. The van der Waals surface area contributed by atoms with Crippen LogP contribution in [0.2, 0.25) is 0 Å². The van der Waals surface area contributed by atoms with Gasteiger partial charge in [-0.3, -0.25) is 30.0 Å². The van der Waals surface area contributed by atoms with Crippen molar-refractivity contribution < 1.29 is 28.0 Å². The van der Waals surface area contributed by atoms with Crippen LogP contribution in [0.5, 0.6) is 0 Å². The summed E-state index contributed by atoms with van der Waals surface area (Å²) >= 11 is 0. The van der Waals surface area contributed by atoms with E-state index in [1.807, 2.05) is 64.1 Å². The Morgan fingerprint density at radius 1 is 0.972 bits per heavy atom. The summed E-state index contributed by atoms with van der Waals surface area (Å²) in [6.07, 6.45) is 5.04. The minimum absolute atomic E-state index is 0.0337. The van der Waals surface area contributed by atoms with Gasteiger partial charge < -0.3 is 0 Å². The van der Waals surface area contributed by atoms with Gasteiger partial charge in [-0.05, 0) is 37.2 Å². The molecule has 0 saturated carbocycles. The van der Waals surface area contributed by atoms with Crippen molar-refractivity contribution in [2.45, 2.75) is 53.5 Å². The molecule has 0 aromatic heterocycles. The third-order valence-corrected chi connectivity index (χ3v) is 6.10. The van der Waals surface area contributed by atoms with Crippen LogP contribution >= 0.6 is 0 Å². The van der Waals surface area contributed by atoms with Crippen molar-refractivity contribution >= 4 is 33.8 Å². The first-order valence-electron chi connectivity index (χ1n) is 12.0. The summed E-state index contributed by atoms with van der Waals surface area (Å²) in [5, 5.41) is 10.5. The Morgan fingerprint density at radius 3 is 2.08 bits per heavy atom. The Bertz CT molecular complexity index is 995. The number of hydroxylamine groups is 1. The Morgan fingerprint density at radius 2 is 1.58 bits per heavy atom. The van der Waals surface area contributed by atoms with Gasteiger partial charge in [0, 0.05) is 6.54 Å². The van der Waals surface area contributed by atoms with Crippen LogP contribution in [-0.4, -0.2) is 55.2 Å². The van der Waals surface area contributed by atoms with Gasteiger partial charge in [-0.25, -0.2) is 18.6 Å². The van der Waals surface area contributed by atoms with E-state index in [0.717, 1.165) is 16.8 Å². The minimum atomic E-state index is -3.65. The van der Waals surface area contributed by atoms with Crippen LogP contribution in [-0.2, 0) is 24.4 Å². The summed E-state index contributed by atoms with van der Waals surface area (Å²) in [5.41, 5.74) is 5.20. The second kappa shape index (κ2) is 14.7. The molecule has 10 nitrogen and oxygen atoms in total. The number of carbonyl (C=O) groups is 3. The number of allylic oxidation sites excluding steroid dienone is 1. The van der Waals surface area contributed by atoms with E-state index in [0.29, 0.717) is 6.42 Å². The van der Waals surface area contributed by atoms with Gasteiger partial charge in [0.2, 0.25) is 21.8 Å². The molecule has 0 aliphatic heterocycles. The summed E-state index contributed by atoms with van der Waals surface area (Å²) in [5.74, 6) is -3.66. The maximum absolute atomic E-state index is 13.4. The molecule has 0 spiro atoms. The number of sulfonamides is 1. The number of rotatable bonds is 13. The number of hydrogen-bond acceptors (Lipinski definition) is 6. The van der Waals surface area contributed by atoms with Crippen molar-refractivity contribution in [3.8, 4) is 0 Å². The van der Waals surface area contributed by atoms with Gasteiger partial charge in [-0.2, -0.15) is 0 Å². The van der Waals surface area contributed by atoms with E-state index < -0.39 is 45.6 Å². The molecule has 3 amide bonds. The molecule has 0 fully saturated rings. The molecule has 4 N–H and O–H groups in total. The zero-order valence-corrected chi connectivity index (χ0v) is 22.7. The number of hydrogen-bond donors (Lipinski definition) is 4. The summed E-state index contributed by atoms with van der Waals surface area (Å²) in [4.78, 5) is 39.0. The third-order valence-electron chi connectivity index (χ3n) is 5.31. The van der Waals surface area contributed by atoms with Crippen molar-refractivity contribution in [3.05, 3.63) is 42.0 Å². The van der Waals surface area contributed by atoms with Crippen molar-refractivity contribution in [1.82, 2.24) is 20.6 Å². The molecular weight excluding hydrogens is 484 g/mol. The van der Waals surface area contributed by atoms with Crippen LogP contribution < -0.4 is 15.6 Å². The van der Waals surface area contributed by atoms with Crippen molar-refractivity contribution in [3.63, 3.8) is 0 Å². The number of nitrogens with one attached hydrogen (secondary N) is 3. The maximum Gasteiger partial charge on any atom is 0.258 e. The van der Waals surface area contributed by atoms with Crippen LogP contribution in [0, 0.1) is 23.7 Å². The predicted octanol–water partition coefficient (Wildman–Crippen LogP) is 2.33. The SMILES string of the molecule is CC(C)C[C@@H](C(=O)NN(CC(C)C)C(=O)[C@@H](C)NS(C)(=O)=O)[C@H](CC=Cc1ccccc1)C(=O)NO. The highest BCUT2D eigenvalue weighted by Crippen LogP contribution is 2.25. The van der Waals surface area contributed by atoms with Gasteiger partial charge in [0.05, 0.1) is 24.1 Å². The lowest BCUT2D eigenvalue weighted by atomic mass is 9.82. The highest BCUT2D eigenvalue weighted by Gasteiger charge is 2.35. The van der Waals surface area contributed by atoms with Gasteiger partial charge >= 0.3 is 0 Å². The fraction of sp³-hybridized carbons (Fsp3) is 0.560. The van der Waals surface area contributed by atoms with Gasteiger partial charge in [0.25, 0.3) is 5.91 Å². The molecule has 1 rings (SSSR count). The Balaban J connectivity index is 3.21. The van der Waals surface area contributed by atoms with Crippen LogP contribution in [0.25, 0.3) is 6.08 Å². The summed E-state index contributed by atoms with van der Waals surface area (Å²) in [6.45, 7) is 9.04. The van der Waals surface area contributed by atoms with E-state index >= 15 is 0 Å². The second-order valence-corrected chi connectivity index (χ2v) is 11.6. The second-order valence-electron chi connectivity index (χ2n) is 9.80. The molecule has 1 aromatic rings. The Labute approximate surface area is 214 Å². The molecule has 202 valence electrons. The standard InChI is InChI=1S/C25H40N4O6S/c1-17(2)15-22(21(24(31)27-33)14-10-13-20-11-8-7-9-12-20)23(30)26-29(16-18(3)4)25(32)19(5)28-36(6,34)35/h7-13,17-19,21-22,28,33H,14-16H2,1-6H3,(H,26,30)(H,27,31)/t19-,21+,22-/m1/s1. The van der Waals surface area contributed by atoms with E-state index in [2.05, 4.69) is 10.1 Å². The van der Waals surface area contributed by atoms with E-state index in [1.54, 1.807) is 11.6 Å². The fourth-order valence-corrected chi connectivity index (χ4v) is 4.53. The largest absolute Gasteiger partial charge is 0.289 e. The maximum atomic E-state index is 13.4. The highest BCUT2D eigenvalue weighted by atomic mass is 32.2. The van der Waals surface area contributed by atoms with E-state index in [-0.39, 0.29) is 24.8 Å². The lowest BCUT2D eigenvalue weighted by molar-refractivity contribution is -0.148. The molecule has 0 unspecified atom stereocenters. The van der Waals surface area contributed by atoms with E-state index in [1.165, 1.54) is 6.92 Å². The molecular formula is C25H40N4O6S. The number of carbonyl (C=O) groups excluding carboxylic acids is 3. The summed E-state index contributed by atoms with van der Waals surface area (Å²) in [7, 11) is -3.65. The Kier molecular flexibility index (Phi) is 12.8. The lowest BCUT2D eigenvalue weighted by Crippen LogP contribution is -2.56. The van der Waals surface area contributed by atoms with Crippen molar-refractivity contribution in [1.29, 1.82) is 0 Å². The molecule has 3 atom stereocenters. The van der Waals surface area contributed by atoms with Crippen LogP contribution in [0.4, 0.5) is 0 Å². The molecule has 0 radical (unpaired) electrons. The normalized spacial score (nSPS) is 14.5. The zero-order chi connectivity index (χ0) is 27.5. The predicted molar refractivity (Wildman–Crippen MR) is 139 cm³/mol. The van der Waals surface area contributed by atoms with Crippen LogP contribution in [0.15, 0.2) is 36.4 Å². The first-order chi connectivity index (χ1) is 16.7. The molecule has 0 bridgehead atoms. The third kappa shape index (κ3) is 11.3. The van der Waals surface area contributed by atoms with E-state index in [9.17, 15) is 28.0 Å². The van der Waals surface area contributed by atoms with Gasteiger partial charge in [-0.15, -0.1) is 0 Å². The van der Waals surface area contributed by atoms with Crippen molar-refractivity contribution in [2.24, 2.45) is 23.7 Å². The topological polar surface area (TPSA) is 145 Å². The zero-order valence-electron chi connectivity index (χ0n) is 21.9. The smallest absolute Gasteiger partial charge is 0.258 e. The number of nitrogens with zero attached hydrogens (tertiary/aromatic N) is 1.